The number of halogens is 1. The summed E-state index contributed by atoms with van der Waals surface area (Å²) in [6, 6.07) is 13.7. The fourth-order valence-corrected chi connectivity index (χ4v) is 2.32. The van der Waals surface area contributed by atoms with Crippen molar-refractivity contribution in [1.82, 2.24) is 0 Å². The molecule has 0 heterocycles. The summed E-state index contributed by atoms with van der Waals surface area (Å²) in [5.74, 6) is 0.743. The maximum Gasteiger partial charge on any atom is 0.162 e. The molecule has 0 saturated heterocycles. The molecule has 2 rings (SSSR count). The fourth-order valence-electron chi connectivity index (χ4n) is 1.78. The summed E-state index contributed by atoms with van der Waals surface area (Å²) >= 11 is 2.27. The number of hydrogen-bond acceptors (Lipinski definition) is 3. The first-order chi connectivity index (χ1) is 9.20. The first-order valence-corrected chi connectivity index (χ1v) is 7.21. The molecule has 0 fully saturated rings. The van der Waals surface area contributed by atoms with E-state index in [4.69, 9.17) is 4.74 Å². The minimum Gasteiger partial charge on any atom is -0.504 e. The molecule has 0 bridgehead atoms. The molecule has 0 atom stereocenters. The lowest BCUT2D eigenvalue weighted by Crippen LogP contribution is -2.01. The average molecular weight is 369 g/mol. The molecular formula is C15H16INO2. The molecule has 0 aromatic heterocycles. The van der Waals surface area contributed by atoms with Gasteiger partial charge in [0.25, 0.3) is 0 Å². The van der Waals surface area contributed by atoms with E-state index in [1.807, 2.05) is 37.3 Å². The van der Waals surface area contributed by atoms with Gasteiger partial charge in [0.05, 0.1) is 6.61 Å². The van der Waals surface area contributed by atoms with Crippen LogP contribution in [0.4, 0.5) is 5.69 Å². The van der Waals surface area contributed by atoms with E-state index in [0.717, 1.165) is 11.3 Å². The van der Waals surface area contributed by atoms with Crippen molar-refractivity contribution in [2.45, 2.75) is 13.5 Å². The van der Waals surface area contributed by atoms with E-state index >= 15 is 0 Å². The van der Waals surface area contributed by atoms with Crippen LogP contribution in [-0.4, -0.2) is 11.7 Å². The van der Waals surface area contributed by atoms with Crippen LogP contribution in [0.3, 0.4) is 0 Å². The van der Waals surface area contributed by atoms with Crippen molar-refractivity contribution in [3.8, 4) is 11.5 Å². The van der Waals surface area contributed by atoms with Crippen molar-refractivity contribution >= 4 is 28.3 Å². The average Bonchev–Trinajstić information content (AvgIpc) is 2.40. The molecule has 0 aliphatic carbocycles. The van der Waals surface area contributed by atoms with Gasteiger partial charge in [0.1, 0.15) is 0 Å². The minimum absolute atomic E-state index is 0.211. The molecule has 19 heavy (non-hydrogen) atoms. The smallest absolute Gasteiger partial charge is 0.162 e. The van der Waals surface area contributed by atoms with Crippen molar-refractivity contribution in [1.29, 1.82) is 0 Å². The highest BCUT2D eigenvalue weighted by Gasteiger charge is 2.07. The van der Waals surface area contributed by atoms with Crippen LogP contribution < -0.4 is 10.1 Å². The quantitative estimate of drug-likeness (QED) is 0.783. The van der Waals surface area contributed by atoms with Crippen LogP contribution in [-0.2, 0) is 6.54 Å². The lowest BCUT2D eigenvalue weighted by atomic mass is 10.2. The second kappa shape index (κ2) is 6.65. The van der Waals surface area contributed by atoms with Gasteiger partial charge in [-0.05, 0) is 53.8 Å². The number of anilines is 1. The van der Waals surface area contributed by atoms with E-state index in [2.05, 4.69) is 34.0 Å². The maximum absolute atomic E-state index is 10.1. The van der Waals surface area contributed by atoms with Gasteiger partial charge >= 0.3 is 0 Å². The summed E-state index contributed by atoms with van der Waals surface area (Å²) in [7, 11) is 0. The van der Waals surface area contributed by atoms with Gasteiger partial charge < -0.3 is 15.2 Å². The maximum atomic E-state index is 10.1. The number of benzene rings is 2. The van der Waals surface area contributed by atoms with Crippen LogP contribution in [0.1, 0.15) is 12.5 Å². The number of phenolic OH excluding ortho intramolecular Hbond substituents is 1. The van der Waals surface area contributed by atoms with Gasteiger partial charge in [0.15, 0.2) is 11.5 Å². The third-order valence-electron chi connectivity index (χ3n) is 2.69. The van der Waals surface area contributed by atoms with Crippen molar-refractivity contribution in [2.75, 3.05) is 11.9 Å². The third-order valence-corrected chi connectivity index (χ3v) is 3.36. The van der Waals surface area contributed by atoms with Gasteiger partial charge in [-0.1, -0.05) is 18.2 Å². The van der Waals surface area contributed by atoms with E-state index < -0.39 is 0 Å². The highest BCUT2D eigenvalue weighted by atomic mass is 127. The summed E-state index contributed by atoms with van der Waals surface area (Å²) in [6.45, 7) is 3.00. The van der Waals surface area contributed by atoms with Crippen molar-refractivity contribution < 1.29 is 9.84 Å². The molecule has 0 saturated carbocycles. The molecule has 0 spiro atoms. The monoisotopic (exact) mass is 369 g/mol. The van der Waals surface area contributed by atoms with Crippen LogP contribution in [0.2, 0.25) is 0 Å². The molecule has 0 amide bonds. The molecule has 0 aliphatic rings. The number of aromatic hydroxyl groups is 1. The zero-order chi connectivity index (χ0) is 13.7. The topological polar surface area (TPSA) is 41.5 Å². The van der Waals surface area contributed by atoms with Gasteiger partial charge in [-0.2, -0.15) is 0 Å². The number of ether oxygens (including phenoxy) is 1. The van der Waals surface area contributed by atoms with Gasteiger partial charge in [0, 0.05) is 21.4 Å². The van der Waals surface area contributed by atoms with Crippen molar-refractivity contribution in [2.24, 2.45) is 0 Å². The second-order valence-corrected chi connectivity index (χ2v) is 5.31. The van der Waals surface area contributed by atoms with E-state index in [-0.39, 0.29) is 5.75 Å². The molecular weight excluding hydrogens is 353 g/mol. The Hall–Kier alpha value is -1.43. The molecule has 2 aromatic carbocycles. The van der Waals surface area contributed by atoms with Crippen LogP contribution in [0, 0.1) is 3.57 Å². The normalized spacial score (nSPS) is 10.2. The SMILES string of the molecule is CCOc1cccc(CNc2cccc(I)c2)c1O. The summed E-state index contributed by atoms with van der Waals surface area (Å²) in [5, 5.41) is 13.4. The van der Waals surface area contributed by atoms with Gasteiger partial charge in [0.2, 0.25) is 0 Å². The Morgan fingerprint density at radius 3 is 2.74 bits per heavy atom. The molecule has 0 aliphatic heterocycles. The largest absolute Gasteiger partial charge is 0.504 e. The lowest BCUT2D eigenvalue weighted by molar-refractivity contribution is 0.317. The third kappa shape index (κ3) is 3.76. The number of hydrogen-bond donors (Lipinski definition) is 2. The zero-order valence-electron chi connectivity index (χ0n) is 10.7. The van der Waals surface area contributed by atoms with Crippen LogP contribution in [0.5, 0.6) is 11.5 Å². The van der Waals surface area contributed by atoms with E-state index in [0.29, 0.717) is 18.9 Å². The minimum atomic E-state index is 0.211. The number of para-hydroxylation sites is 1. The highest BCUT2D eigenvalue weighted by molar-refractivity contribution is 14.1. The highest BCUT2D eigenvalue weighted by Crippen LogP contribution is 2.30. The molecule has 0 radical (unpaired) electrons. The van der Waals surface area contributed by atoms with Gasteiger partial charge in [-0.3, -0.25) is 0 Å². The van der Waals surface area contributed by atoms with E-state index in [9.17, 15) is 5.11 Å². The van der Waals surface area contributed by atoms with E-state index in [1.54, 1.807) is 6.07 Å². The Morgan fingerprint density at radius 2 is 2.00 bits per heavy atom. The molecule has 4 heteroatoms. The van der Waals surface area contributed by atoms with Gasteiger partial charge in [-0.15, -0.1) is 0 Å². The molecule has 2 N–H and O–H groups in total. The number of rotatable bonds is 5. The van der Waals surface area contributed by atoms with Crippen LogP contribution in [0.15, 0.2) is 42.5 Å². The van der Waals surface area contributed by atoms with E-state index in [1.165, 1.54) is 3.57 Å². The summed E-state index contributed by atoms with van der Waals surface area (Å²) < 4.78 is 6.55. The van der Waals surface area contributed by atoms with Crippen LogP contribution in [0.25, 0.3) is 0 Å². The standard InChI is InChI=1S/C15H16INO2/c1-2-19-14-8-3-5-11(15(14)18)10-17-13-7-4-6-12(16)9-13/h3-9,17-18H,2,10H2,1H3. The number of phenols is 1. The van der Waals surface area contributed by atoms with Crippen LogP contribution >= 0.6 is 22.6 Å². The zero-order valence-corrected chi connectivity index (χ0v) is 12.8. The molecule has 2 aromatic rings. The Kier molecular flexibility index (Phi) is 4.90. The fraction of sp³-hybridized carbons (Fsp3) is 0.200. The predicted octanol–water partition coefficient (Wildman–Crippen LogP) is 4.01. The van der Waals surface area contributed by atoms with Crippen molar-refractivity contribution in [3.05, 3.63) is 51.6 Å². The first kappa shape index (κ1) is 14.0. The Labute approximate surface area is 126 Å². The molecule has 100 valence electrons. The van der Waals surface area contributed by atoms with Crippen molar-refractivity contribution in [3.63, 3.8) is 0 Å². The predicted molar refractivity (Wildman–Crippen MR) is 85.8 cm³/mol. The molecule has 0 unspecified atom stereocenters. The summed E-state index contributed by atoms with van der Waals surface area (Å²) in [4.78, 5) is 0. The molecule has 3 nitrogen and oxygen atoms in total. The van der Waals surface area contributed by atoms with Gasteiger partial charge in [-0.25, -0.2) is 0 Å². The summed E-state index contributed by atoms with van der Waals surface area (Å²) in [6.07, 6.45) is 0. The Balaban J connectivity index is 2.09. The second-order valence-electron chi connectivity index (χ2n) is 4.06. The first-order valence-electron chi connectivity index (χ1n) is 6.13. The summed E-state index contributed by atoms with van der Waals surface area (Å²) in [5.41, 5.74) is 1.86. The number of nitrogens with one attached hydrogen (secondary N) is 1. The Bertz CT molecular complexity index is 558. The Morgan fingerprint density at radius 1 is 1.21 bits per heavy atom. The lowest BCUT2D eigenvalue weighted by Gasteiger charge is -2.11.